The first kappa shape index (κ1) is 18.5. The van der Waals surface area contributed by atoms with Crippen LogP contribution < -0.4 is 9.47 Å². The second kappa shape index (κ2) is 8.02. The van der Waals surface area contributed by atoms with Crippen LogP contribution in [0.2, 0.25) is 0 Å². The van der Waals surface area contributed by atoms with Gasteiger partial charge in [0.15, 0.2) is 23.0 Å². The molecular formula is C22H16FNO5. The average molecular weight is 393 g/mol. The molecule has 0 fully saturated rings. The van der Waals surface area contributed by atoms with Crippen molar-refractivity contribution in [1.29, 1.82) is 0 Å². The quantitative estimate of drug-likeness (QED) is 0.460. The average Bonchev–Trinajstić information content (AvgIpc) is 3.38. The SMILES string of the molecule is COc1cc(/C=C2\N=C(c3ccco3)OC2=O)ccc1OCc1ccc(F)cc1. The second-order valence-electron chi connectivity index (χ2n) is 6.14. The van der Waals surface area contributed by atoms with E-state index in [2.05, 4.69) is 4.99 Å². The summed E-state index contributed by atoms with van der Waals surface area (Å²) in [5.74, 6) is 0.649. The van der Waals surface area contributed by atoms with E-state index in [4.69, 9.17) is 18.6 Å². The van der Waals surface area contributed by atoms with Crippen LogP contribution in [0.25, 0.3) is 6.08 Å². The fourth-order valence-electron chi connectivity index (χ4n) is 2.71. The van der Waals surface area contributed by atoms with Crippen LogP contribution in [0.1, 0.15) is 16.9 Å². The number of carbonyl (C=O) groups excluding carboxylic acids is 1. The maximum absolute atomic E-state index is 13.0. The number of esters is 1. The molecular weight excluding hydrogens is 377 g/mol. The highest BCUT2D eigenvalue weighted by Crippen LogP contribution is 2.30. The van der Waals surface area contributed by atoms with Gasteiger partial charge in [0.25, 0.3) is 5.90 Å². The molecule has 0 radical (unpaired) electrons. The Morgan fingerprint density at radius 2 is 1.93 bits per heavy atom. The number of methoxy groups -OCH3 is 1. The Morgan fingerprint density at radius 1 is 1.10 bits per heavy atom. The Morgan fingerprint density at radius 3 is 2.66 bits per heavy atom. The number of halogens is 1. The third-order valence-corrected chi connectivity index (χ3v) is 4.15. The van der Waals surface area contributed by atoms with Crippen LogP contribution in [0.15, 0.2) is 76.0 Å². The van der Waals surface area contributed by atoms with Crippen LogP contribution in [-0.4, -0.2) is 19.0 Å². The first-order valence-corrected chi connectivity index (χ1v) is 8.74. The van der Waals surface area contributed by atoms with Gasteiger partial charge in [-0.1, -0.05) is 18.2 Å². The number of benzene rings is 2. The number of aliphatic imine (C=N–C) groups is 1. The van der Waals surface area contributed by atoms with Gasteiger partial charge in [0.05, 0.1) is 13.4 Å². The van der Waals surface area contributed by atoms with Gasteiger partial charge in [0.1, 0.15) is 12.4 Å². The van der Waals surface area contributed by atoms with Crippen molar-refractivity contribution in [3.8, 4) is 11.5 Å². The predicted molar refractivity (Wildman–Crippen MR) is 103 cm³/mol. The lowest BCUT2D eigenvalue weighted by Gasteiger charge is -2.11. The van der Waals surface area contributed by atoms with Gasteiger partial charge in [0.2, 0.25) is 0 Å². The van der Waals surface area contributed by atoms with Crippen molar-refractivity contribution in [2.45, 2.75) is 6.61 Å². The topological polar surface area (TPSA) is 70.3 Å². The Bertz CT molecular complexity index is 1080. The maximum atomic E-state index is 13.0. The van der Waals surface area contributed by atoms with E-state index < -0.39 is 5.97 Å². The molecule has 1 aliphatic heterocycles. The normalized spacial score (nSPS) is 14.6. The van der Waals surface area contributed by atoms with E-state index in [1.54, 1.807) is 48.5 Å². The second-order valence-corrected chi connectivity index (χ2v) is 6.14. The Balaban J connectivity index is 1.52. The van der Waals surface area contributed by atoms with Crippen LogP contribution in [-0.2, 0) is 16.1 Å². The van der Waals surface area contributed by atoms with Crippen LogP contribution in [0.5, 0.6) is 11.5 Å². The third kappa shape index (κ3) is 4.19. The molecule has 6 nitrogen and oxygen atoms in total. The van der Waals surface area contributed by atoms with Crippen LogP contribution in [0.3, 0.4) is 0 Å². The number of ether oxygens (including phenoxy) is 3. The van der Waals surface area contributed by atoms with E-state index in [9.17, 15) is 9.18 Å². The number of cyclic esters (lactones) is 1. The summed E-state index contributed by atoms with van der Waals surface area (Å²) in [6, 6.07) is 14.6. The number of furan rings is 1. The molecule has 3 aromatic rings. The van der Waals surface area contributed by atoms with Gasteiger partial charge in [0, 0.05) is 0 Å². The molecule has 0 aliphatic carbocycles. The Labute approximate surface area is 165 Å². The third-order valence-electron chi connectivity index (χ3n) is 4.15. The fourth-order valence-corrected chi connectivity index (χ4v) is 2.71. The molecule has 0 amide bonds. The van der Waals surface area contributed by atoms with Crippen molar-refractivity contribution >= 4 is 17.9 Å². The smallest absolute Gasteiger partial charge is 0.363 e. The summed E-state index contributed by atoms with van der Waals surface area (Å²) in [7, 11) is 1.52. The summed E-state index contributed by atoms with van der Waals surface area (Å²) in [5, 5.41) is 0. The van der Waals surface area contributed by atoms with Gasteiger partial charge >= 0.3 is 5.97 Å². The zero-order valence-corrected chi connectivity index (χ0v) is 15.4. The van der Waals surface area contributed by atoms with Crippen molar-refractivity contribution in [3.05, 3.63) is 89.3 Å². The lowest BCUT2D eigenvalue weighted by atomic mass is 10.1. The summed E-state index contributed by atoms with van der Waals surface area (Å²) in [6.07, 6.45) is 3.06. The zero-order chi connectivity index (χ0) is 20.2. The number of hydrogen-bond donors (Lipinski definition) is 0. The van der Waals surface area contributed by atoms with Gasteiger partial charge in [-0.2, -0.15) is 0 Å². The zero-order valence-electron chi connectivity index (χ0n) is 15.4. The van der Waals surface area contributed by atoms with Crippen molar-refractivity contribution in [1.82, 2.24) is 0 Å². The first-order chi connectivity index (χ1) is 14.1. The molecule has 0 spiro atoms. The molecule has 0 atom stereocenters. The molecule has 0 saturated carbocycles. The van der Waals surface area contributed by atoms with Gasteiger partial charge < -0.3 is 18.6 Å². The molecule has 2 heterocycles. The fraction of sp³-hybridized carbons (Fsp3) is 0.0909. The monoisotopic (exact) mass is 393 g/mol. The molecule has 1 aromatic heterocycles. The minimum absolute atomic E-state index is 0.123. The molecule has 7 heteroatoms. The molecule has 4 rings (SSSR count). The maximum Gasteiger partial charge on any atom is 0.363 e. The summed E-state index contributed by atoms with van der Waals surface area (Å²) in [6.45, 7) is 0.264. The van der Waals surface area contributed by atoms with Crippen molar-refractivity contribution in [2.75, 3.05) is 7.11 Å². The van der Waals surface area contributed by atoms with Crippen molar-refractivity contribution in [2.24, 2.45) is 4.99 Å². The summed E-state index contributed by atoms with van der Waals surface area (Å²) in [5.41, 5.74) is 1.67. The summed E-state index contributed by atoms with van der Waals surface area (Å²) in [4.78, 5) is 16.2. The first-order valence-electron chi connectivity index (χ1n) is 8.74. The van der Waals surface area contributed by atoms with E-state index in [1.165, 1.54) is 25.5 Å². The van der Waals surface area contributed by atoms with E-state index >= 15 is 0 Å². The van der Waals surface area contributed by atoms with Crippen LogP contribution >= 0.6 is 0 Å². The molecule has 146 valence electrons. The minimum Gasteiger partial charge on any atom is -0.493 e. The molecule has 0 bridgehead atoms. The molecule has 0 N–H and O–H groups in total. The van der Waals surface area contributed by atoms with Gasteiger partial charge in [-0.3, -0.25) is 0 Å². The molecule has 29 heavy (non-hydrogen) atoms. The van der Waals surface area contributed by atoms with Gasteiger partial charge in [-0.15, -0.1) is 0 Å². The summed E-state index contributed by atoms with van der Waals surface area (Å²) < 4.78 is 34.5. The number of rotatable bonds is 6. The van der Waals surface area contributed by atoms with Crippen molar-refractivity contribution in [3.63, 3.8) is 0 Å². The van der Waals surface area contributed by atoms with E-state index in [1.807, 2.05) is 0 Å². The predicted octanol–water partition coefficient (Wildman–Crippen LogP) is 4.35. The standard InChI is InChI=1S/C22H16FNO5/c1-26-20-12-15(6-9-18(20)28-13-14-4-7-16(23)8-5-14)11-17-22(25)29-21(24-17)19-3-2-10-27-19/h2-12H,13H2,1H3/b17-11-. The molecule has 2 aromatic carbocycles. The van der Waals surface area contributed by atoms with E-state index in [0.717, 1.165) is 5.56 Å². The highest BCUT2D eigenvalue weighted by molar-refractivity contribution is 6.11. The number of hydrogen-bond acceptors (Lipinski definition) is 6. The minimum atomic E-state index is -0.563. The molecule has 0 unspecified atom stereocenters. The van der Waals surface area contributed by atoms with Gasteiger partial charge in [-0.25, -0.2) is 14.2 Å². The Hall–Kier alpha value is -3.87. The molecule has 1 aliphatic rings. The number of carbonyl (C=O) groups is 1. The van der Waals surface area contributed by atoms with Crippen LogP contribution in [0, 0.1) is 5.82 Å². The van der Waals surface area contributed by atoms with E-state index in [-0.39, 0.29) is 24.0 Å². The highest BCUT2D eigenvalue weighted by atomic mass is 19.1. The lowest BCUT2D eigenvalue weighted by Crippen LogP contribution is -2.04. The Kier molecular flexibility index (Phi) is 5.11. The van der Waals surface area contributed by atoms with Crippen LogP contribution in [0.4, 0.5) is 4.39 Å². The largest absolute Gasteiger partial charge is 0.493 e. The highest BCUT2D eigenvalue weighted by Gasteiger charge is 2.25. The lowest BCUT2D eigenvalue weighted by molar-refractivity contribution is -0.130. The number of nitrogens with zero attached hydrogens (tertiary/aromatic N) is 1. The van der Waals surface area contributed by atoms with E-state index in [0.29, 0.717) is 22.8 Å². The molecule has 0 saturated heterocycles. The van der Waals surface area contributed by atoms with Crippen molar-refractivity contribution < 1.29 is 27.8 Å². The summed E-state index contributed by atoms with van der Waals surface area (Å²) >= 11 is 0. The van der Waals surface area contributed by atoms with Gasteiger partial charge in [-0.05, 0) is 53.6 Å².